The van der Waals surface area contributed by atoms with Crippen LogP contribution >= 0.6 is 0 Å². The lowest BCUT2D eigenvalue weighted by Gasteiger charge is -2.07. The molecule has 0 spiro atoms. The summed E-state index contributed by atoms with van der Waals surface area (Å²) in [5, 5.41) is 0. The monoisotopic (exact) mass is 296 g/mol. The highest BCUT2D eigenvalue weighted by molar-refractivity contribution is 4.52. The van der Waals surface area contributed by atoms with E-state index in [0.29, 0.717) is 0 Å². The molecule has 0 aromatic rings. The van der Waals surface area contributed by atoms with Crippen molar-refractivity contribution < 1.29 is 0 Å². The topological polar surface area (TPSA) is 0 Å². The van der Waals surface area contributed by atoms with Crippen LogP contribution in [0, 0.1) is 5.92 Å². The molecule has 1 atom stereocenters. The lowest BCUT2D eigenvalue weighted by Crippen LogP contribution is -1.91. The maximum atomic E-state index is 2.39. The van der Waals surface area contributed by atoms with Crippen molar-refractivity contribution in [2.75, 3.05) is 0 Å². The Morgan fingerprint density at radius 1 is 0.476 bits per heavy atom. The summed E-state index contributed by atoms with van der Waals surface area (Å²) in [5.41, 5.74) is 0. The van der Waals surface area contributed by atoms with E-state index in [1.807, 2.05) is 0 Å². The van der Waals surface area contributed by atoms with Gasteiger partial charge in [-0.2, -0.15) is 0 Å². The van der Waals surface area contributed by atoms with Gasteiger partial charge in [-0.3, -0.25) is 0 Å². The smallest absolute Gasteiger partial charge is 0.0445 e. The molecule has 0 nitrogen and oxygen atoms in total. The molecule has 0 bridgehead atoms. The second kappa shape index (κ2) is 18.1. The van der Waals surface area contributed by atoms with Crippen LogP contribution < -0.4 is 0 Å². The molecule has 0 heteroatoms. The Morgan fingerprint density at radius 3 is 1.14 bits per heavy atom. The van der Waals surface area contributed by atoms with Gasteiger partial charge in [-0.25, -0.2) is 0 Å². The number of hydrogen-bond acceptors (Lipinski definition) is 0. The van der Waals surface area contributed by atoms with Gasteiger partial charge in [0.15, 0.2) is 0 Å². The lowest BCUT2D eigenvalue weighted by atomic mass is 9.99. The fourth-order valence-corrected chi connectivity index (χ4v) is 3.07. The van der Waals surface area contributed by atoms with E-state index in [2.05, 4.69) is 20.8 Å². The Bertz CT molecular complexity index is 173. The van der Waals surface area contributed by atoms with Crippen LogP contribution in [0.1, 0.15) is 130 Å². The van der Waals surface area contributed by atoms with E-state index in [1.54, 1.807) is 0 Å². The summed E-state index contributed by atoms with van der Waals surface area (Å²) in [7, 11) is 0. The molecule has 0 N–H and O–H groups in total. The fourth-order valence-electron chi connectivity index (χ4n) is 3.07. The van der Waals surface area contributed by atoms with Gasteiger partial charge in [0.2, 0.25) is 0 Å². The maximum Gasteiger partial charge on any atom is -0.0445 e. The largest absolute Gasteiger partial charge is 0.0654 e. The molecule has 0 aliphatic heterocycles. The average molecular weight is 297 g/mol. The predicted molar refractivity (Wildman–Crippen MR) is 99.0 cm³/mol. The Kier molecular flexibility index (Phi) is 18.1. The first-order valence-corrected chi connectivity index (χ1v) is 10.3. The van der Waals surface area contributed by atoms with E-state index >= 15 is 0 Å². The SMILES string of the molecule is CCCCCCCCCCCCCCCCC[C@H](C)CC. The third-order valence-corrected chi connectivity index (χ3v) is 5.00. The standard InChI is InChI=1S/C21H44/c1-4-6-7-8-9-10-11-12-13-14-15-16-17-18-19-20-21(3)5-2/h21H,4-20H2,1-3H3/t21-/m1/s1. The molecule has 0 aromatic heterocycles. The summed E-state index contributed by atoms with van der Waals surface area (Å²) < 4.78 is 0. The minimum atomic E-state index is 0.951. The van der Waals surface area contributed by atoms with Crippen LogP contribution in [0.5, 0.6) is 0 Å². The van der Waals surface area contributed by atoms with Crippen molar-refractivity contribution in [2.24, 2.45) is 5.92 Å². The molecule has 0 radical (unpaired) electrons. The summed E-state index contributed by atoms with van der Waals surface area (Å²) in [4.78, 5) is 0. The van der Waals surface area contributed by atoms with Crippen molar-refractivity contribution >= 4 is 0 Å². The maximum absolute atomic E-state index is 2.39. The highest BCUT2D eigenvalue weighted by Gasteiger charge is 1.98. The Hall–Kier alpha value is 0. The predicted octanol–water partition coefficient (Wildman–Crippen LogP) is 8.29. The van der Waals surface area contributed by atoms with Gasteiger partial charge in [-0.15, -0.1) is 0 Å². The summed E-state index contributed by atoms with van der Waals surface area (Å²) in [6, 6.07) is 0. The summed E-state index contributed by atoms with van der Waals surface area (Å²) >= 11 is 0. The summed E-state index contributed by atoms with van der Waals surface area (Å²) in [6.07, 6.45) is 24.9. The van der Waals surface area contributed by atoms with Gasteiger partial charge in [0, 0.05) is 0 Å². The Balaban J connectivity index is 2.96. The molecule has 0 aromatic carbocycles. The van der Waals surface area contributed by atoms with E-state index in [0.717, 1.165) is 5.92 Å². The second-order valence-electron chi connectivity index (χ2n) is 7.25. The zero-order valence-corrected chi connectivity index (χ0v) is 15.6. The van der Waals surface area contributed by atoms with Crippen LogP contribution in [0.3, 0.4) is 0 Å². The average Bonchev–Trinajstić information content (AvgIpc) is 2.50. The first-order chi connectivity index (χ1) is 10.3. The number of unbranched alkanes of at least 4 members (excludes halogenated alkanes) is 14. The van der Waals surface area contributed by atoms with E-state index < -0.39 is 0 Å². The van der Waals surface area contributed by atoms with Crippen molar-refractivity contribution in [3.05, 3.63) is 0 Å². The molecule has 0 fully saturated rings. The molecular formula is C21H44. The van der Waals surface area contributed by atoms with Crippen molar-refractivity contribution in [2.45, 2.75) is 130 Å². The highest BCUT2D eigenvalue weighted by Crippen LogP contribution is 2.15. The molecule has 0 saturated heterocycles. The molecule has 128 valence electrons. The van der Waals surface area contributed by atoms with E-state index in [9.17, 15) is 0 Å². The molecule has 0 aliphatic rings. The molecule has 0 saturated carbocycles. The fraction of sp³-hybridized carbons (Fsp3) is 1.00. The second-order valence-corrected chi connectivity index (χ2v) is 7.25. The highest BCUT2D eigenvalue weighted by atomic mass is 14.0. The van der Waals surface area contributed by atoms with Crippen LogP contribution in [0.15, 0.2) is 0 Å². The minimum Gasteiger partial charge on any atom is -0.0654 e. The van der Waals surface area contributed by atoms with Gasteiger partial charge < -0.3 is 0 Å². The molecule has 0 amide bonds. The van der Waals surface area contributed by atoms with Crippen LogP contribution in [-0.2, 0) is 0 Å². The quantitative estimate of drug-likeness (QED) is 0.237. The zero-order chi connectivity index (χ0) is 15.6. The summed E-state index contributed by atoms with van der Waals surface area (Å²) in [6.45, 7) is 7.01. The normalized spacial score (nSPS) is 12.7. The third-order valence-electron chi connectivity index (χ3n) is 5.00. The first-order valence-electron chi connectivity index (χ1n) is 10.3. The van der Waals surface area contributed by atoms with Gasteiger partial charge in [0.1, 0.15) is 0 Å². The first kappa shape index (κ1) is 21.0. The van der Waals surface area contributed by atoms with Crippen LogP contribution in [0.4, 0.5) is 0 Å². The van der Waals surface area contributed by atoms with E-state index in [4.69, 9.17) is 0 Å². The van der Waals surface area contributed by atoms with Gasteiger partial charge in [0.05, 0.1) is 0 Å². The van der Waals surface area contributed by atoms with E-state index in [1.165, 1.54) is 109 Å². The zero-order valence-electron chi connectivity index (χ0n) is 15.6. The lowest BCUT2D eigenvalue weighted by molar-refractivity contribution is 0.468. The van der Waals surface area contributed by atoms with Crippen molar-refractivity contribution in [1.82, 2.24) is 0 Å². The molecule has 0 heterocycles. The van der Waals surface area contributed by atoms with Gasteiger partial charge in [-0.05, 0) is 5.92 Å². The van der Waals surface area contributed by atoms with E-state index in [-0.39, 0.29) is 0 Å². The third kappa shape index (κ3) is 18.0. The number of hydrogen-bond donors (Lipinski definition) is 0. The molecule has 0 rings (SSSR count). The van der Waals surface area contributed by atoms with Gasteiger partial charge >= 0.3 is 0 Å². The minimum absolute atomic E-state index is 0.951. The van der Waals surface area contributed by atoms with Crippen LogP contribution in [0.25, 0.3) is 0 Å². The van der Waals surface area contributed by atoms with Gasteiger partial charge in [0.25, 0.3) is 0 Å². The Morgan fingerprint density at radius 2 is 0.810 bits per heavy atom. The van der Waals surface area contributed by atoms with Crippen LogP contribution in [0.2, 0.25) is 0 Å². The van der Waals surface area contributed by atoms with Crippen molar-refractivity contribution in [3.63, 3.8) is 0 Å². The molecule has 0 aliphatic carbocycles. The van der Waals surface area contributed by atoms with Crippen molar-refractivity contribution in [1.29, 1.82) is 0 Å². The molecular weight excluding hydrogens is 252 g/mol. The number of rotatable bonds is 17. The Labute approximate surface area is 136 Å². The van der Waals surface area contributed by atoms with Gasteiger partial charge in [-0.1, -0.05) is 130 Å². The van der Waals surface area contributed by atoms with Crippen molar-refractivity contribution in [3.8, 4) is 0 Å². The summed E-state index contributed by atoms with van der Waals surface area (Å²) in [5.74, 6) is 0.951. The van der Waals surface area contributed by atoms with Crippen LogP contribution in [-0.4, -0.2) is 0 Å². The molecule has 0 unspecified atom stereocenters. The molecule has 21 heavy (non-hydrogen) atoms.